The number of methoxy groups -OCH3 is 1. The van der Waals surface area contributed by atoms with Crippen molar-refractivity contribution in [1.29, 1.82) is 0 Å². The Morgan fingerprint density at radius 2 is 1.93 bits per heavy atom. The lowest BCUT2D eigenvalue weighted by Crippen LogP contribution is -2.29. The summed E-state index contributed by atoms with van der Waals surface area (Å²) in [5.41, 5.74) is 1.34. The molecule has 1 amide bonds. The Kier molecular flexibility index (Phi) is 5.13. The number of anilines is 1. The van der Waals surface area contributed by atoms with Crippen LogP contribution in [0.15, 0.2) is 65.6 Å². The summed E-state index contributed by atoms with van der Waals surface area (Å²) < 4.78 is 19.1. The van der Waals surface area contributed by atoms with Gasteiger partial charge in [0, 0.05) is 16.1 Å². The molecule has 0 saturated carbocycles. The first-order valence-electron chi connectivity index (χ1n) is 9.17. The van der Waals surface area contributed by atoms with Crippen LogP contribution < -0.4 is 9.64 Å². The number of benzene rings is 2. The Morgan fingerprint density at radius 1 is 1.13 bits per heavy atom. The zero-order valence-electron chi connectivity index (χ0n) is 16.3. The zero-order chi connectivity index (χ0) is 21.4. The van der Waals surface area contributed by atoms with Crippen LogP contribution in [0.4, 0.5) is 10.1 Å². The van der Waals surface area contributed by atoms with Gasteiger partial charge in [0.15, 0.2) is 0 Å². The van der Waals surface area contributed by atoms with Gasteiger partial charge < -0.3 is 9.84 Å². The van der Waals surface area contributed by atoms with Crippen LogP contribution in [0.25, 0.3) is 5.76 Å². The van der Waals surface area contributed by atoms with Gasteiger partial charge in [0.1, 0.15) is 23.4 Å². The largest absolute Gasteiger partial charge is 0.507 e. The molecule has 1 unspecified atom stereocenters. The van der Waals surface area contributed by atoms with Gasteiger partial charge in [0.05, 0.1) is 12.7 Å². The summed E-state index contributed by atoms with van der Waals surface area (Å²) in [7, 11) is 1.54. The minimum absolute atomic E-state index is 0.0278. The normalized spacial score (nSPS) is 18.1. The molecule has 4 rings (SSSR count). The van der Waals surface area contributed by atoms with Crippen LogP contribution in [0.5, 0.6) is 5.75 Å². The first kappa shape index (κ1) is 19.8. The lowest BCUT2D eigenvalue weighted by atomic mass is 9.97. The first-order valence-corrected chi connectivity index (χ1v) is 10.1. The number of ketones is 1. The fraction of sp³-hybridized carbons (Fsp3) is 0.130. The van der Waals surface area contributed by atoms with Gasteiger partial charge in [-0.05, 0) is 60.3 Å². The number of thiophene rings is 1. The monoisotopic (exact) mass is 423 g/mol. The van der Waals surface area contributed by atoms with Crippen LogP contribution in [0.1, 0.15) is 22.0 Å². The summed E-state index contributed by atoms with van der Waals surface area (Å²) >= 11 is 1.35. The molecular weight excluding hydrogens is 405 g/mol. The Morgan fingerprint density at radius 3 is 2.57 bits per heavy atom. The molecule has 1 aliphatic rings. The zero-order valence-corrected chi connectivity index (χ0v) is 17.1. The predicted molar refractivity (Wildman–Crippen MR) is 113 cm³/mol. The lowest BCUT2D eigenvalue weighted by Gasteiger charge is -2.24. The van der Waals surface area contributed by atoms with Gasteiger partial charge in [-0.3, -0.25) is 14.5 Å². The first-order chi connectivity index (χ1) is 14.4. The van der Waals surface area contributed by atoms with Crippen molar-refractivity contribution in [3.05, 3.63) is 87.4 Å². The maximum Gasteiger partial charge on any atom is 0.300 e. The lowest BCUT2D eigenvalue weighted by molar-refractivity contribution is -0.132. The van der Waals surface area contributed by atoms with Gasteiger partial charge in [-0.1, -0.05) is 12.1 Å². The second-order valence-electron chi connectivity index (χ2n) is 6.85. The Balaban J connectivity index is 1.93. The molecule has 1 aromatic heterocycles. The quantitative estimate of drug-likeness (QED) is 0.371. The number of nitrogens with zero attached hydrogens (tertiary/aromatic N) is 1. The summed E-state index contributed by atoms with van der Waals surface area (Å²) in [6.07, 6.45) is 0. The van der Waals surface area contributed by atoms with E-state index in [1.165, 1.54) is 41.5 Å². The Bertz CT molecular complexity index is 1170. The van der Waals surface area contributed by atoms with Gasteiger partial charge in [-0.2, -0.15) is 0 Å². The van der Waals surface area contributed by atoms with Crippen molar-refractivity contribution in [2.45, 2.75) is 13.0 Å². The van der Waals surface area contributed by atoms with Gasteiger partial charge >= 0.3 is 0 Å². The minimum Gasteiger partial charge on any atom is -0.507 e. The molecule has 0 radical (unpaired) electrons. The highest BCUT2D eigenvalue weighted by atomic mass is 32.1. The van der Waals surface area contributed by atoms with E-state index in [2.05, 4.69) is 0 Å². The molecule has 7 heteroatoms. The fourth-order valence-electron chi connectivity index (χ4n) is 3.61. The van der Waals surface area contributed by atoms with Crippen LogP contribution in [0.3, 0.4) is 0 Å². The highest BCUT2D eigenvalue weighted by molar-refractivity contribution is 7.10. The third-order valence-electron chi connectivity index (χ3n) is 5.03. The van der Waals surface area contributed by atoms with E-state index in [-0.39, 0.29) is 17.0 Å². The van der Waals surface area contributed by atoms with Crippen molar-refractivity contribution in [1.82, 2.24) is 0 Å². The third kappa shape index (κ3) is 3.27. The Hall–Kier alpha value is -3.45. The number of carbonyl (C=O) groups excluding carboxylic acids is 2. The number of aliphatic hydroxyl groups is 1. The molecule has 2 heterocycles. The van der Waals surface area contributed by atoms with Crippen molar-refractivity contribution in [3.63, 3.8) is 0 Å². The molecule has 0 bridgehead atoms. The van der Waals surface area contributed by atoms with E-state index in [1.54, 1.807) is 43.3 Å². The summed E-state index contributed by atoms with van der Waals surface area (Å²) in [5.74, 6) is -1.81. The van der Waals surface area contributed by atoms with Crippen molar-refractivity contribution < 1.29 is 23.8 Å². The van der Waals surface area contributed by atoms with E-state index in [1.807, 2.05) is 5.38 Å². The highest BCUT2D eigenvalue weighted by Gasteiger charge is 2.47. The van der Waals surface area contributed by atoms with Crippen molar-refractivity contribution in [2.24, 2.45) is 0 Å². The van der Waals surface area contributed by atoms with Crippen molar-refractivity contribution in [2.75, 3.05) is 12.0 Å². The molecule has 152 valence electrons. The van der Waals surface area contributed by atoms with Gasteiger partial charge in [-0.15, -0.1) is 11.3 Å². The number of halogens is 1. The summed E-state index contributed by atoms with van der Waals surface area (Å²) in [6, 6.07) is 13.3. The number of aliphatic hydroxyl groups excluding tert-OH is 1. The van der Waals surface area contributed by atoms with E-state index in [0.29, 0.717) is 21.8 Å². The van der Waals surface area contributed by atoms with Crippen LogP contribution in [0.2, 0.25) is 0 Å². The predicted octanol–water partition coefficient (Wildman–Crippen LogP) is 4.83. The van der Waals surface area contributed by atoms with Crippen molar-refractivity contribution >= 4 is 34.5 Å². The van der Waals surface area contributed by atoms with Gasteiger partial charge in [0.2, 0.25) is 0 Å². The number of Topliss-reactive ketones (excluding diaryl/α,β-unsaturated/α-hetero) is 1. The number of ether oxygens (including phenoxy) is 1. The summed E-state index contributed by atoms with van der Waals surface area (Å²) in [6.45, 7) is 1.78. The van der Waals surface area contributed by atoms with Gasteiger partial charge in [0.25, 0.3) is 11.7 Å². The molecule has 2 aromatic carbocycles. The van der Waals surface area contributed by atoms with Crippen molar-refractivity contribution in [3.8, 4) is 5.75 Å². The average molecular weight is 423 g/mol. The average Bonchev–Trinajstić information content (AvgIpc) is 3.34. The second kappa shape index (κ2) is 7.76. The van der Waals surface area contributed by atoms with E-state index in [4.69, 9.17) is 4.74 Å². The fourth-order valence-corrected chi connectivity index (χ4v) is 4.44. The maximum atomic E-state index is 13.9. The Labute approximate surface area is 176 Å². The molecule has 1 aliphatic heterocycles. The maximum absolute atomic E-state index is 13.9. The molecule has 1 fully saturated rings. The SMILES string of the molecule is COc1ccc(/C(O)=C2/C(=O)C(=O)N(c3cccc(F)c3)C2c2cccs2)c(C)c1. The minimum atomic E-state index is -0.853. The molecular formula is C23H18FNO4S. The van der Waals surface area contributed by atoms with E-state index in [0.717, 1.165) is 0 Å². The smallest absolute Gasteiger partial charge is 0.300 e. The number of hydrogen-bond acceptors (Lipinski definition) is 5. The van der Waals surface area contributed by atoms with Crippen LogP contribution in [0, 0.1) is 12.7 Å². The highest BCUT2D eigenvalue weighted by Crippen LogP contribution is 2.44. The number of aryl methyl sites for hydroxylation is 1. The van der Waals surface area contributed by atoms with Crippen LogP contribution >= 0.6 is 11.3 Å². The number of rotatable bonds is 4. The molecule has 30 heavy (non-hydrogen) atoms. The topological polar surface area (TPSA) is 66.8 Å². The number of amides is 1. The summed E-state index contributed by atoms with van der Waals surface area (Å²) in [4.78, 5) is 27.9. The van der Waals surface area contributed by atoms with E-state index >= 15 is 0 Å². The molecule has 0 aliphatic carbocycles. The van der Waals surface area contributed by atoms with Gasteiger partial charge in [-0.25, -0.2) is 4.39 Å². The standard InChI is InChI=1S/C23H18FNO4S/c1-13-11-16(29-2)8-9-17(13)21(26)19-20(18-7-4-10-30-18)25(23(28)22(19)27)15-6-3-5-14(24)12-15/h3-12,20,26H,1-2H3/b21-19-. The summed E-state index contributed by atoms with van der Waals surface area (Å²) in [5, 5.41) is 12.9. The van der Waals surface area contributed by atoms with E-state index < -0.39 is 23.5 Å². The van der Waals surface area contributed by atoms with Crippen LogP contribution in [-0.4, -0.2) is 23.9 Å². The molecule has 1 N–H and O–H groups in total. The van der Waals surface area contributed by atoms with Crippen LogP contribution in [-0.2, 0) is 9.59 Å². The molecule has 3 aromatic rings. The molecule has 5 nitrogen and oxygen atoms in total. The van der Waals surface area contributed by atoms with E-state index in [9.17, 15) is 19.1 Å². The number of carbonyl (C=O) groups is 2. The third-order valence-corrected chi connectivity index (χ3v) is 5.96. The second-order valence-corrected chi connectivity index (χ2v) is 7.82. The molecule has 0 spiro atoms. The molecule has 1 saturated heterocycles. The number of hydrogen-bond donors (Lipinski definition) is 1. The molecule has 1 atom stereocenters.